The number of piperidine rings is 1. The average Bonchev–Trinajstić information content (AvgIpc) is 2.57. The minimum absolute atomic E-state index is 0.0729. The van der Waals surface area contributed by atoms with Crippen LogP contribution in [0.5, 0.6) is 5.75 Å². The minimum atomic E-state index is -0.326. The van der Waals surface area contributed by atoms with E-state index in [1.54, 1.807) is 24.3 Å². The Balaban J connectivity index is 1.77. The number of nitrogens with two attached hydrogens (primary N) is 1. The Kier molecular flexibility index (Phi) is 6.96. The lowest BCUT2D eigenvalue weighted by atomic mass is 9.90. The highest BCUT2D eigenvalue weighted by Gasteiger charge is 2.27. The average molecular weight is 375 g/mol. The van der Waals surface area contributed by atoms with Gasteiger partial charge in [0.15, 0.2) is 6.61 Å². The summed E-state index contributed by atoms with van der Waals surface area (Å²) in [7, 11) is 0. The van der Waals surface area contributed by atoms with Gasteiger partial charge in [0.1, 0.15) is 5.75 Å². The maximum atomic E-state index is 11.9. The number of nitrogens with one attached hydrogen (secondary N) is 2. The molecule has 2 rings (SSSR count). The van der Waals surface area contributed by atoms with Gasteiger partial charge in [-0.25, -0.2) is 0 Å². The summed E-state index contributed by atoms with van der Waals surface area (Å²) in [5.74, 6) is -0.182. The third-order valence-corrected chi connectivity index (χ3v) is 4.41. The Bertz CT molecular complexity index is 679. The molecule has 3 amide bonds. The highest BCUT2D eigenvalue weighted by Crippen LogP contribution is 2.26. The van der Waals surface area contributed by atoms with E-state index in [0.29, 0.717) is 25.1 Å². The molecule has 27 heavy (non-hydrogen) atoms. The van der Waals surface area contributed by atoms with Crippen LogP contribution in [0.2, 0.25) is 0 Å². The predicted octanol–water partition coefficient (Wildman–Crippen LogP) is 1.47. The fraction of sp³-hybridized carbons (Fsp3) is 0.550. The van der Waals surface area contributed by atoms with Crippen molar-refractivity contribution in [2.75, 3.05) is 13.2 Å². The topological polar surface area (TPSA) is 111 Å². The Morgan fingerprint density at radius 1 is 1.33 bits per heavy atom. The van der Waals surface area contributed by atoms with Gasteiger partial charge in [-0.3, -0.25) is 19.7 Å². The number of amides is 3. The van der Waals surface area contributed by atoms with Crippen LogP contribution in [-0.4, -0.2) is 36.4 Å². The van der Waals surface area contributed by atoms with Crippen LogP contribution in [0.25, 0.3) is 0 Å². The van der Waals surface area contributed by atoms with Crippen molar-refractivity contribution in [3.63, 3.8) is 0 Å². The standard InChI is InChI=1S/C20H29N3O4/c1-13(10-20(2,3)21)11-22-18(25)12-27-15-6-4-14(5-7-15)16-8-9-17(24)23-19(16)26/h4-7,13,16H,8-12,21H2,1-3H3,(H,22,25)(H,23,24,26). The molecule has 0 bridgehead atoms. The molecule has 0 saturated carbocycles. The highest BCUT2D eigenvalue weighted by atomic mass is 16.5. The first-order valence-corrected chi connectivity index (χ1v) is 9.26. The molecule has 1 saturated heterocycles. The highest BCUT2D eigenvalue weighted by molar-refractivity contribution is 6.00. The molecule has 2 atom stereocenters. The van der Waals surface area contributed by atoms with Crippen molar-refractivity contribution in [1.82, 2.24) is 10.6 Å². The van der Waals surface area contributed by atoms with Crippen LogP contribution in [0.3, 0.4) is 0 Å². The molecule has 0 aromatic heterocycles. The van der Waals surface area contributed by atoms with E-state index in [0.717, 1.165) is 12.0 Å². The second-order valence-electron chi connectivity index (χ2n) is 7.96. The van der Waals surface area contributed by atoms with Gasteiger partial charge in [-0.1, -0.05) is 19.1 Å². The number of hydrogen-bond acceptors (Lipinski definition) is 5. The van der Waals surface area contributed by atoms with Crippen molar-refractivity contribution >= 4 is 17.7 Å². The molecule has 2 unspecified atom stereocenters. The molecule has 148 valence electrons. The second kappa shape index (κ2) is 8.99. The Labute approximate surface area is 160 Å². The van der Waals surface area contributed by atoms with E-state index in [9.17, 15) is 14.4 Å². The van der Waals surface area contributed by atoms with Gasteiger partial charge in [0.2, 0.25) is 11.8 Å². The van der Waals surface area contributed by atoms with E-state index in [2.05, 4.69) is 10.6 Å². The second-order valence-corrected chi connectivity index (χ2v) is 7.96. The van der Waals surface area contributed by atoms with Crippen LogP contribution in [0.4, 0.5) is 0 Å². The molecular formula is C20H29N3O4. The summed E-state index contributed by atoms with van der Waals surface area (Å²) in [6.45, 7) is 6.46. The van der Waals surface area contributed by atoms with Gasteiger partial charge in [-0.2, -0.15) is 0 Å². The molecule has 0 radical (unpaired) electrons. The number of carbonyl (C=O) groups is 3. The Morgan fingerprint density at radius 3 is 2.59 bits per heavy atom. The summed E-state index contributed by atoms with van der Waals surface area (Å²) >= 11 is 0. The molecule has 1 heterocycles. The molecule has 1 aliphatic heterocycles. The van der Waals surface area contributed by atoms with E-state index < -0.39 is 0 Å². The quantitative estimate of drug-likeness (QED) is 0.596. The van der Waals surface area contributed by atoms with Crippen LogP contribution < -0.4 is 21.1 Å². The number of hydrogen-bond donors (Lipinski definition) is 3. The van der Waals surface area contributed by atoms with Crippen molar-refractivity contribution in [1.29, 1.82) is 0 Å². The smallest absolute Gasteiger partial charge is 0.257 e. The maximum absolute atomic E-state index is 11.9. The van der Waals surface area contributed by atoms with E-state index in [4.69, 9.17) is 10.5 Å². The van der Waals surface area contributed by atoms with Crippen LogP contribution >= 0.6 is 0 Å². The largest absolute Gasteiger partial charge is 0.484 e. The van der Waals surface area contributed by atoms with Gasteiger partial charge in [0.25, 0.3) is 5.91 Å². The summed E-state index contributed by atoms with van der Waals surface area (Å²) in [4.78, 5) is 35.0. The molecule has 4 N–H and O–H groups in total. The van der Waals surface area contributed by atoms with Gasteiger partial charge in [-0.15, -0.1) is 0 Å². The molecule has 7 heteroatoms. The first kappa shape index (κ1) is 20.9. The van der Waals surface area contributed by atoms with Crippen LogP contribution in [0, 0.1) is 5.92 Å². The maximum Gasteiger partial charge on any atom is 0.257 e. The molecule has 1 aliphatic rings. The zero-order valence-electron chi connectivity index (χ0n) is 16.2. The van der Waals surface area contributed by atoms with Crippen molar-refractivity contribution in [3.8, 4) is 5.75 Å². The predicted molar refractivity (Wildman–Crippen MR) is 102 cm³/mol. The van der Waals surface area contributed by atoms with Gasteiger partial charge < -0.3 is 15.8 Å². The summed E-state index contributed by atoms with van der Waals surface area (Å²) in [6, 6.07) is 7.04. The van der Waals surface area contributed by atoms with Crippen molar-refractivity contribution in [2.45, 2.75) is 51.5 Å². The van der Waals surface area contributed by atoms with Crippen molar-refractivity contribution in [2.24, 2.45) is 11.7 Å². The van der Waals surface area contributed by atoms with Crippen LogP contribution in [0.15, 0.2) is 24.3 Å². The van der Waals surface area contributed by atoms with Crippen molar-refractivity contribution in [3.05, 3.63) is 29.8 Å². The Hall–Kier alpha value is -2.41. The first-order valence-electron chi connectivity index (χ1n) is 9.26. The van der Waals surface area contributed by atoms with E-state index in [1.165, 1.54) is 0 Å². The van der Waals surface area contributed by atoms with Gasteiger partial charge in [-0.05, 0) is 50.3 Å². The first-order chi connectivity index (χ1) is 12.6. The molecule has 0 aliphatic carbocycles. The lowest BCUT2D eigenvalue weighted by Gasteiger charge is -2.23. The zero-order chi connectivity index (χ0) is 20.0. The fourth-order valence-electron chi connectivity index (χ4n) is 3.27. The zero-order valence-corrected chi connectivity index (χ0v) is 16.2. The Morgan fingerprint density at radius 2 is 2.00 bits per heavy atom. The molecule has 0 spiro atoms. The minimum Gasteiger partial charge on any atom is -0.484 e. The summed E-state index contributed by atoms with van der Waals surface area (Å²) in [5, 5.41) is 5.19. The van der Waals surface area contributed by atoms with Gasteiger partial charge in [0.05, 0.1) is 5.92 Å². The summed E-state index contributed by atoms with van der Waals surface area (Å²) in [6.07, 6.45) is 1.66. The van der Waals surface area contributed by atoms with Gasteiger partial charge >= 0.3 is 0 Å². The molecule has 7 nitrogen and oxygen atoms in total. The van der Waals surface area contributed by atoms with E-state index in [-0.39, 0.29) is 41.7 Å². The van der Waals surface area contributed by atoms with E-state index in [1.807, 2.05) is 20.8 Å². The fourth-order valence-corrected chi connectivity index (χ4v) is 3.27. The number of ether oxygens (including phenoxy) is 1. The summed E-state index contributed by atoms with van der Waals surface area (Å²) in [5.41, 5.74) is 6.55. The van der Waals surface area contributed by atoms with Crippen molar-refractivity contribution < 1.29 is 19.1 Å². The van der Waals surface area contributed by atoms with Crippen LogP contribution in [0.1, 0.15) is 51.5 Å². The number of rotatable bonds is 8. The molecule has 1 aromatic carbocycles. The normalized spacial score (nSPS) is 18.6. The number of imide groups is 1. The third-order valence-electron chi connectivity index (χ3n) is 4.41. The number of benzene rings is 1. The SMILES string of the molecule is CC(CNC(=O)COc1ccc(C2CCC(=O)NC2=O)cc1)CC(C)(C)N. The monoisotopic (exact) mass is 375 g/mol. The lowest BCUT2D eigenvalue weighted by molar-refractivity contribution is -0.134. The third kappa shape index (κ3) is 7.02. The van der Waals surface area contributed by atoms with Crippen LogP contribution in [-0.2, 0) is 14.4 Å². The van der Waals surface area contributed by atoms with E-state index >= 15 is 0 Å². The lowest BCUT2D eigenvalue weighted by Crippen LogP contribution is -2.39. The van der Waals surface area contributed by atoms with Gasteiger partial charge in [0, 0.05) is 18.5 Å². The number of carbonyl (C=O) groups excluding carboxylic acids is 3. The molecule has 1 fully saturated rings. The molecule has 1 aromatic rings. The summed E-state index contributed by atoms with van der Waals surface area (Å²) < 4.78 is 5.50. The molecular weight excluding hydrogens is 346 g/mol.